The summed E-state index contributed by atoms with van der Waals surface area (Å²) >= 11 is 6.11. The van der Waals surface area contributed by atoms with Crippen LogP contribution in [0.3, 0.4) is 0 Å². The van der Waals surface area contributed by atoms with Gasteiger partial charge in [0.2, 0.25) is 5.91 Å². The third-order valence-corrected chi connectivity index (χ3v) is 5.63. The van der Waals surface area contributed by atoms with Gasteiger partial charge in [-0.05, 0) is 35.6 Å². The summed E-state index contributed by atoms with van der Waals surface area (Å²) in [5, 5.41) is 8.48. The summed E-state index contributed by atoms with van der Waals surface area (Å²) in [7, 11) is 1.59. The first-order valence-corrected chi connectivity index (χ1v) is 10.0. The highest BCUT2D eigenvalue weighted by atomic mass is 35.5. The van der Waals surface area contributed by atoms with Crippen molar-refractivity contribution in [1.82, 2.24) is 14.7 Å². The van der Waals surface area contributed by atoms with Crippen molar-refractivity contribution in [3.8, 4) is 5.75 Å². The molecule has 4 rings (SSSR count). The van der Waals surface area contributed by atoms with Gasteiger partial charge in [0.05, 0.1) is 18.3 Å². The van der Waals surface area contributed by atoms with Gasteiger partial charge in [-0.15, -0.1) is 0 Å². The molecule has 0 spiro atoms. The zero-order chi connectivity index (χ0) is 21.1. The summed E-state index contributed by atoms with van der Waals surface area (Å²) in [5.74, 6) is 1.65. The quantitative estimate of drug-likeness (QED) is 0.422. The molecular weight excluding hydrogens is 408 g/mol. The Morgan fingerprint density at radius 1 is 1.30 bits per heavy atom. The van der Waals surface area contributed by atoms with E-state index < -0.39 is 0 Å². The monoisotopic (exact) mass is 428 g/mol. The molecule has 0 N–H and O–H groups in total. The number of amides is 1. The van der Waals surface area contributed by atoms with Crippen LogP contribution in [0.1, 0.15) is 12.0 Å². The number of fused-ring (bicyclic) bond motifs is 1. The summed E-state index contributed by atoms with van der Waals surface area (Å²) in [6.07, 6.45) is 3.00. The molecule has 2 aliphatic heterocycles. The molecule has 0 saturated carbocycles. The minimum absolute atomic E-state index is 0.0136. The Bertz CT molecular complexity index is 1040. The van der Waals surface area contributed by atoms with Gasteiger partial charge in [0, 0.05) is 48.4 Å². The average molecular weight is 429 g/mol. The van der Waals surface area contributed by atoms with E-state index in [1.807, 2.05) is 23.1 Å². The Morgan fingerprint density at radius 3 is 2.83 bits per heavy atom. The molecule has 1 amide bonds. The Kier molecular flexibility index (Phi) is 5.78. The maximum absolute atomic E-state index is 12.8. The number of hydrogen-bond acceptors (Lipinski definition) is 6. The number of piperazine rings is 1. The number of aryl methyl sites for hydroxylation is 1. The first kappa shape index (κ1) is 20.1. The fraction of sp³-hybridized carbons (Fsp3) is 0.421. The molecule has 2 aliphatic rings. The second-order valence-electron chi connectivity index (χ2n) is 7.06. The van der Waals surface area contributed by atoms with Crippen molar-refractivity contribution in [2.45, 2.75) is 19.4 Å². The standard InChI is InChI=1S/C19H21ClN8O2/c1-30-16-10-14(3-4-15(16)20)26-6-8-27(9-7-26)18(29)12-28-19-13(11-22-28)2-5-17(23-19)24-25-21/h3-4,10-11H,2,5-9,12H2,1H3. The van der Waals surface area contributed by atoms with E-state index in [2.05, 4.69) is 25.0 Å². The van der Waals surface area contributed by atoms with Gasteiger partial charge in [-0.2, -0.15) is 5.10 Å². The largest absolute Gasteiger partial charge is 0.495 e. The number of anilines is 1. The van der Waals surface area contributed by atoms with Gasteiger partial charge in [0.25, 0.3) is 0 Å². The number of hydrogen-bond donors (Lipinski definition) is 0. The minimum Gasteiger partial charge on any atom is -0.495 e. The van der Waals surface area contributed by atoms with Crippen molar-refractivity contribution in [3.05, 3.63) is 45.4 Å². The van der Waals surface area contributed by atoms with Crippen molar-refractivity contribution in [3.63, 3.8) is 0 Å². The molecule has 3 heterocycles. The van der Waals surface area contributed by atoms with Crippen LogP contribution in [0, 0.1) is 0 Å². The number of azide groups is 1. The van der Waals surface area contributed by atoms with E-state index in [9.17, 15) is 4.79 Å². The summed E-state index contributed by atoms with van der Waals surface area (Å²) in [6, 6.07) is 5.69. The molecule has 1 fully saturated rings. The third-order valence-electron chi connectivity index (χ3n) is 5.31. The van der Waals surface area contributed by atoms with Crippen LogP contribution in [0.4, 0.5) is 11.5 Å². The van der Waals surface area contributed by atoms with Gasteiger partial charge in [-0.3, -0.25) is 4.79 Å². The number of aliphatic imine (C=N–C) groups is 1. The van der Waals surface area contributed by atoms with E-state index in [1.165, 1.54) is 0 Å². The molecule has 1 saturated heterocycles. The van der Waals surface area contributed by atoms with E-state index in [1.54, 1.807) is 18.0 Å². The highest BCUT2D eigenvalue weighted by molar-refractivity contribution is 6.32. The maximum Gasteiger partial charge on any atom is 0.244 e. The summed E-state index contributed by atoms with van der Waals surface area (Å²) in [5.41, 5.74) is 10.6. The lowest BCUT2D eigenvalue weighted by Crippen LogP contribution is -2.49. The highest BCUT2D eigenvalue weighted by Crippen LogP contribution is 2.30. The molecule has 0 unspecified atom stereocenters. The summed E-state index contributed by atoms with van der Waals surface area (Å²) in [6.45, 7) is 2.76. The Hall–Kier alpha value is -3.23. The number of rotatable bonds is 4. The van der Waals surface area contributed by atoms with E-state index in [0.717, 1.165) is 11.3 Å². The fourth-order valence-electron chi connectivity index (χ4n) is 3.68. The Balaban J connectivity index is 1.39. The number of ether oxygens (including phenoxy) is 1. The number of methoxy groups -OCH3 is 1. The Morgan fingerprint density at radius 2 is 2.10 bits per heavy atom. The third kappa shape index (κ3) is 4.05. The number of halogens is 1. The molecule has 0 atom stereocenters. The topological polar surface area (TPSA) is 112 Å². The number of amidine groups is 1. The van der Waals surface area contributed by atoms with Crippen molar-refractivity contribution in [1.29, 1.82) is 0 Å². The van der Waals surface area contributed by atoms with E-state index in [-0.39, 0.29) is 12.5 Å². The summed E-state index contributed by atoms with van der Waals surface area (Å²) < 4.78 is 6.88. The Labute approximate surface area is 178 Å². The maximum atomic E-state index is 12.8. The molecule has 11 heteroatoms. The molecule has 2 aromatic rings. The zero-order valence-corrected chi connectivity index (χ0v) is 17.3. The molecule has 1 aromatic heterocycles. The van der Waals surface area contributed by atoms with Crippen molar-refractivity contribution in [2.75, 3.05) is 38.2 Å². The van der Waals surface area contributed by atoms with Crippen LogP contribution in [0.15, 0.2) is 34.5 Å². The predicted molar refractivity (Wildman–Crippen MR) is 114 cm³/mol. The van der Waals surface area contributed by atoms with Gasteiger partial charge in [0.15, 0.2) is 5.82 Å². The number of aromatic nitrogens is 2. The number of carbonyl (C=O) groups is 1. The predicted octanol–water partition coefficient (Wildman–Crippen LogP) is 3.18. The van der Waals surface area contributed by atoms with Crippen LogP contribution in [-0.4, -0.2) is 59.7 Å². The SMILES string of the molecule is COc1cc(N2CCN(C(=O)Cn3ncc4c3N=C(N=[N+]=[N-])CC4)CC2)ccc1Cl. The average Bonchev–Trinajstić information content (AvgIpc) is 3.16. The van der Waals surface area contributed by atoms with E-state index in [4.69, 9.17) is 21.9 Å². The second-order valence-corrected chi connectivity index (χ2v) is 7.46. The number of carbonyl (C=O) groups excluding carboxylic acids is 1. The lowest BCUT2D eigenvalue weighted by Gasteiger charge is -2.36. The van der Waals surface area contributed by atoms with Crippen LogP contribution < -0.4 is 9.64 Å². The normalized spacial score (nSPS) is 15.9. The van der Waals surface area contributed by atoms with Gasteiger partial charge in [-0.25, -0.2) is 9.67 Å². The van der Waals surface area contributed by atoms with Crippen LogP contribution in [0.25, 0.3) is 10.4 Å². The lowest BCUT2D eigenvalue weighted by atomic mass is 10.1. The fourth-order valence-corrected chi connectivity index (χ4v) is 3.87. The van der Waals surface area contributed by atoms with Gasteiger partial charge >= 0.3 is 0 Å². The van der Waals surface area contributed by atoms with Gasteiger partial charge < -0.3 is 14.5 Å². The van der Waals surface area contributed by atoms with Crippen molar-refractivity contribution < 1.29 is 9.53 Å². The summed E-state index contributed by atoms with van der Waals surface area (Å²) in [4.78, 5) is 24.0. The van der Waals surface area contributed by atoms with Crippen LogP contribution in [0.5, 0.6) is 5.75 Å². The molecule has 10 nitrogen and oxygen atoms in total. The first-order valence-electron chi connectivity index (χ1n) is 9.62. The minimum atomic E-state index is -0.0136. The molecular formula is C19H21ClN8O2. The zero-order valence-electron chi connectivity index (χ0n) is 16.5. The molecule has 1 aromatic carbocycles. The van der Waals surface area contributed by atoms with E-state index >= 15 is 0 Å². The number of benzene rings is 1. The highest BCUT2D eigenvalue weighted by Gasteiger charge is 2.24. The van der Waals surface area contributed by atoms with Gasteiger partial charge in [-0.1, -0.05) is 11.6 Å². The van der Waals surface area contributed by atoms with Crippen LogP contribution >= 0.6 is 11.6 Å². The smallest absolute Gasteiger partial charge is 0.244 e. The lowest BCUT2D eigenvalue weighted by molar-refractivity contribution is -0.132. The van der Waals surface area contributed by atoms with Gasteiger partial charge in [0.1, 0.15) is 18.1 Å². The van der Waals surface area contributed by atoms with Crippen LogP contribution in [-0.2, 0) is 17.8 Å². The molecule has 0 radical (unpaired) electrons. The van der Waals surface area contributed by atoms with Crippen molar-refractivity contribution in [2.24, 2.45) is 10.1 Å². The van der Waals surface area contributed by atoms with Crippen LogP contribution in [0.2, 0.25) is 5.02 Å². The molecule has 156 valence electrons. The first-order chi connectivity index (χ1) is 14.6. The second kappa shape index (κ2) is 8.64. The van der Waals surface area contributed by atoms with Crippen molar-refractivity contribution >= 4 is 34.8 Å². The molecule has 0 aliphatic carbocycles. The molecule has 30 heavy (non-hydrogen) atoms. The van der Waals surface area contributed by atoms with E-state index in [0.29, 0.717) is 61.4 Å². The molecule has 0 bridgehead atoms. The number of nitrogens with zero attached hydrogens (tertiary/aromatic N) is 8.